The molecule has 136 valence electrons. The average Bonchev–Trinajstić information content (AvgIpc) is 2.72. The average molecular weight is 352 g/mol. The Bertz CT molecular complexity index is 774. The van der Waals surface area contributed by atoms with Gasteiger partial charge in [-0.05, 0) is 54.7 Å². The van der Waals surface area contributed by atoms with Gasteiger partial charge in [0.25, 0.3) is 0 Å². The minimum atomic E-state index is 0.0216. The molecule has 0 bridgehead atoms. The van der Waals surface area contributed by atoms with E-state index < -0.39 is 0 Å². The quantitative estimate of drug-likeness (QED) is 0.767. The van der Waals surface area contributed by atoms with Crippen molar-refractivity contribution < 1.29 is 14.3 Å². The fourth-order valence-electron chi connectivity index (χ4n) is 3.33. The first-order chi connectivity index (χ1) is 12.7. The summed E-state index contributed by atoms with van der Waals surface area (Å²) in [7, 11) is 3.20. The molecule has 1 saturated heterocycles. The number of methoxy groups -OCH3 is 2. The maximum atomic E-state index is 12.8. The van der Waals surface area contributed by atoms with Gasteiger partial charge in [0.05, 0.1) is 20.3 Å². The molecule has 1 aliphatic rings. The van der Waals surface area contributed by atoms with Crippen molar-refractivity contribution in [3.05, 3.63) is 59.9 Å². The zero-order valence-electron chi connectivity index (χ0n) is 15.2. The molecule has 0 aliphatic carbocycles. The Balaban J connectivity index is 1.76. The topological polar surface area (TPSA) is 51.7 Å². The van der Waals surface area contributed by atoms with Crippen molar-refractivity contribution in [1.82, 2.24) is 9.88 Å². The minimum absolute atomic E-state index is 0.0216. The highest BCUT2D eigenvalue weighted by Gasteiger charge is 2.26. The van der Waals surface area contributed by atoms with Crippen LogP contribution in [0.5, 0.6) is 11.5 Å². The summed E-state index contributed by atoms with van der Waals surface area (Å²) in [5.41, 5.74) is 1.99. The molecule has 2 heterocycles. The number of nitrogens with zero attached hydrogens (tertiary/aromatic N) is 2. The molecule has 1 amide bonds. The molecule has 5 heteroatoms. The summed E-state index contributed by atoms with van der Waals surface area (Å²) in [5.74, 6) is 1.34. The largest absolute Gasteiger partial charge is 0.493 e. The second-order valence-electron chi connectivity index (χ2n) is 6.28. The molecule has 0 N–H and O–H groups in total. The predicted molar refractivity (Wildman–Crippen MR) is 101 cm³/mol. The van der Waals surface area contributed by atoms with Crippen LogP contribution in [0, 0.1) is 0 Å². The van der Waals surface area contributed by atoms with Crippen molar-refractivity contribution in [2.45, 2.75) is 25.3 Å². The van der Waals surface area contributed by atoms with Gasteiger partial charge in [-0.15, -0.1) is 0 Å². The summed E-state index contributed by atoms with van der Waals surface area (Å²) in [4.78, 5) is 18.9. The standard InChI is InChI=1S/C21H24N2O3/c1-25-19-10-8-16(14-20(19)26-2)9-11-21(24)23-13-4-3-7-18(23)17-6-5-12-22-15-17/h5-6,8-12,14-15,18H,3-4,7,13H2,1-2H3/b11-9+/t18-/m1/s1. The van der Waals surface area contributed by atoms with Crippen LogP contribution in [-0.4, -0.2) is 36.6 Å². The third-order valence-electron chi connectivity index (χ3n) is 4.68. The summed E-state index contributed by atoms with van der Waals surface area (Å²) < 4.78 is 10.6. The summed E-state index contributed by atoms with van der Waals surface area (Å²) >= 11 is 0. The van der Waals surface area contributed by atoms with Crippen LogP contribution in [0.4, 0.5) is 0 Å². The Labute approximate surface area is 154 Å². The first-order valence-corrected chi connectivity index (χ1v) is 8.83. The number of ether oxygens (including phenoxy) is 2. The van der Waals surface area contributed by atoms with Crippen molar-refractivity contribution in [1.29, 1.82) is 0 Å². The SMILES string of the molecule is COc1ccc(/C=C/C(=O)N2CCCC[C@@H]2c2cccnc2)cc1OC. The zero-order chi connectivity index (χ0) is 18.4. The summed E-state index contributed by atoms with van der Waals surface area (Å²) in [6.07, 6.45) is 10.2. The number of carbonyl (C=O) groups excluding carboxylic acids is 1. The van der Waals surface area contributed by atoms with Gasteiger partial charge in [0, 0.05) is 25.0 Å². The van der Waals surface area contributed by atoms with E-state index in [0.717, 1.165) is 36.9 Å². The van der Waals surface area contributed by atoms with Crippen molar-refractivity contribution in [2.24, 2.45) is 0 Å². The highest BCUT2D eigenvalue weighted by atomic mass is 16.5. The van der Waals surface area contributed by atoms with Crippen LogP contribution in [-0.2, 0) is 4.79 Å². The molecule has 5 nitrogen and oxygen atoms in total. The predicted octanol–water partition coefficient (Wildman–Crippen LogP) is 3.87. The molecule has 0 radical (unpaired) electrons. The Hall–Kier alpha value is -2.82. The Kier molecular flexibility index (Phi) is 5.89. The van der Waals surface area contributed by atoms with Crippen molar-refractivity contribution >= 4 is 12.0 Å². The number of benzene rings is 1. The molecule has 0 saturated carbocycles. The second kappa shape index (κ2) is 8.52. The van der Waals surface area contributed by atoms with E-state index in [9.17, 15) is 4.79 Å². The number of piperidine rings is 1. The molecule has 2 aromatic rings. The van der Waals surface area contributed by atoms with Gasteiger partial charge in [-0.2, -0.15) is 0 Å². The first-order valence-electron chi connectivity index (χ1n) is 8.83. The van der Waals surface area contributed by atoms with E-state index in [1.54, 1.807) is 26.5 Å². The monoisotopic (exact) mass is 352 g/mol. The molecule has 1 aromatic carbocycles. The van der Waals surface area contributed by atoms with Gasteiger partial charge >= 0.3 is 0 Å². The lowest BCUT2D eigenvalue weighted by Gasteiger charge is -2.35. The van der Waals surface area contributed by atoms with Crippen molar-refractivity contribution in [3.63, 3.8) is 0 Å². The minimum Gasteiger partial charge on any atom is -0.493 e. The molecule has 1 aliphatic heterocycles. The first kappa shape index (κ1) is 18.0. The van der Waals surface area contributed by atoms with Gasteiger partial charge in [-0.3, -0.25) is 9.78 Å². The molecule has 0 spiro atoms. The number of carbonyl (C=O) groups is 1. The van der Waals surface area contributed by atoms with Gasteiger partial charge in [0.2, 0.25) is 5.91 Å². The van der Waals surface area contributed by atoms with Gasteiger partial charge in [0.1, 0.15) is 0 Å². The number of hydrogen-bond donors (Lipinski definition) is 0. The summed E-state index contributed by atoms with van der Waals surface area (Å²) in [6, 6.07) is 9.66. The maximum Gasteiger partial charge on any atom is 0.247 e. The Morgan fingerprint density at radius 1 is 1.19 bits per heavy atom. The van der Waals surface area contributed by atoms with Crippen LogP contribution >= 0.6 is 0 Å². The number of likely N-dealkylation sites (tertiary alicyclic amines) is 1. The third kappa shape index (κ3) is 4.04. The smallest absolute Gasteiger partial charge is 0.247 e. The highest BCUT2D eigenvalue weighted by Crippen LogP contribution is 2.31. The van der Waals surface area contributed by atoms with Crippen LogP contribution < -0.4 is 9.47 Å². The number of pyridine rings is 1. The Morgan fingerprint density at radius 2 is 2.04 bits per heavy atom. The van der Waals surface area contributed by atoms with E-state index in [2.05, 4.69) is 4.98 Å². The lowest BCUT2D eigenvalue weighted by Crippen LogP contribution is -2.37. The summed E-state index contributed by atoms with van der Waals surface area (Å²) in [5, 5.41) is 0. The lowest BCUT2D eigenvalue weighted by atomic mass is 9.96. The molecular formula is C21H24N2O3. The van der Waals surface area contributed by atoms with E-state index in [1.807, 2.05) is 47.5 Å². The van der Waals surface area contributed by atoms with Crippen LogP contribution in [0.2, 0.25) is 0 Å². The second-order valence-corrected chi connectivity index (χ2v) is 6.28. The molecule has 1 aromatic heterocycles. The molecule has 3 rings (SSSR count). The third-order valence-corrected chi connectivity index (χ3v) is 4.68. The number of amides is 1. The lowest BCUT2D eigenvalue weighted by molar-refractivity contribution is -0.129. The normalized spacial score (nSPS) is 17.3. The van der Waals surface area contributed by atoms with E-state index in [-0.39, 0.29) is 11.9 Å². The number of aromatic nitrogens is 1. The van der Waals surface area contributed by atoms with Gasteiger partial charge in [0.15, 0.2) is 11.5 Å². The summed E-state index contributed by atoms with van der Waals surface area (Å²) in [6.45, 7) is 0.772. The van der Waals surface area contributed by atoms with E-state index in [4.69, 9.17) is 9.47 Å². The fraction of sp³-hybridized carbons (Fsp3) is 0.333. The van der Waals surface area contributed by atoms with E-state index in [1.165, 1.54) is 0 Å². The van der Waals surface area contributed by atoms with Crippen LogP contribution in [0.25, 0.3) is 6.08 Å². The van der Waals surface area contributed by atoms with Crippen LogP contribution in [0.1, 0.15) is 36.4 Å². The van der Waals surface area contributed by atoms with Crippen molar-refractivity contribution in [2.75, 3.05) is 20.8 Å². The molecule has 1 fully saturated rings. The Morgan fingerprint density at radius 3 is 2.77 bits per heavy atom. The maximum absolute atomic E-state index is 12.8. The molecular weight excluding hydrogens is 328 g/mol. The fourth-order valence-corrected chi connectivity index (χ4v) is 3.33. The van der Waals surface area contributed by atoms with Gasteiger partial charge in [-0.1, -0.05) is 12.1 Å². The number of rotatable bonds is 5. The highest BCUT2D eigenvalue weighted by molar-refractivity contribution is 5.92. The molecule has 1 atom stereocenters. The van der Waals surface area contributed by atoms with Crippen molar-refractivity contribution in [3.8, 4) is 11.5 Å². The van der Waals surface area contributed by atoms with E-state index in [0.29, 0.717) is 11.5 Å². The van der Waals surface area contributed by atoms with Gasteiger partial charge < -0.3 is 14.4 Å². The van der Waals surface area contributed by atoms with Crippen LogP contribution in [0.3, 0.4) is 0 Å². The molecule has 26 heavy (non-hydrogen) atoms. The molecule has 0 unspecified atom stereocenters. The van der Waals surface area contributed by atoms with E-state index >= 15 is 0 Å². The van der Waals surface area contributed by atoms with Crippen LogP contribution in [0.15, 0.2) is 48.8 Å². The van der Waals surface area contributed by atoms with Gasteiger partial charge in [-0.25, -0.2) is 0 Å². The zero-order valence-corrected chi connectivity index (χ0v) is 15.2. The number of hydrogen-bond acceptors (Lipinski definition) is 4.